The fourth-order valence-corrected chi connectivity index (χ4v) is 0.944. The molecule has 0 aromatic carbocycles. The summed E-state index contributed by atoms with van der Waals surface area (Å²) in [4.78, 5) is 10.7. The van der Waals surface area contributed by atoms with E-state index in [0.29, 0.717) is 12.0 Å². The normalized spacial score (nSPS) is 32.6. The van der Waals surface area contributed by atoms with Crippen molar-refractivity contribution in [1.82, 2.24) is 0 Å². The molecule has 1 heterocycles. The molecule has 1 fully saturated rings. The largest absolute Gasteiger partial charge is 0.453 e. The molecule has 1 aliphatic rings. The van der Waals surface area contributed by atoms with Gasteiger partial charge in [0.05, 0.1) is 6.61 Å². The maximum Gasteiger partial charge on any atom is 0.334 e. The molecule has 0 aromatic heterocycles. The Morgan fingerprint density at radius 1 is 1.90 bits per heavy atom. The van der Waals surface area contributed by atoms with Gasteiger partial charge in [-0.15, -0.1) is 0 Å². The molecule has 0 saturated carbocycles. The Labute approximate surface area is 59.3 Å². The zero-order chi connectivity index (χ0) is 7.78. The number of ether oxygens (including phenoxy) is 1. The highest BCUT2D eigenvalue weighted by molar-refractivity contribution is 5.90. The van der Waals surface area contributed by atoms with Crippen LogP contribution in [0.25, 0.3) is 0 Å². The van der Waals surface area contributed by atoms with Crippen molar-refractivity contribution in [3.05, 3.63) is 12.2 Å². The molecule has 0 aliphatic carbocycles. The zero-order valence-corrected chi connectivity index (χ0v) is 5.89. The first-order chi connectivity index (χ1) is 4.57. The number of esters is 1. The van der Waals surface area contributed by atoms with Crippen LogP contribution in [0.15, 0.2) is 12.2 Å². The van der Waals surface area contributed by atoms with Gasteiger partial charge in [0.2, 0.25) is 0 Å². The molecular weight excluding hydrogens is 132 g/mol. The van der Waals surface area contributed by atoms with Crippen molar-refractivity contribution >= 4 is 5.97 Å². The Hall–Kier alpha value is -0.830. The number of carbonyl (C=O) groups is 1. The molecule has 56 valence electrons. The summed E-state index contributed by atoms with van der Waals surface area (Å²) in [6, 6.07) is 0. The second kappa shape index (κ2) is 2.09. The van der Waals surface area contributed by atoms with E-state index >= 15 is 0 Å². The van der Waals surface area contributed by atoms with Crippen molar-refractivity contribution in [1.29, 1.82) is 0 Å². The predicted molar refractivity (Wildman–Crippen MR) is 35.3 cm³/mol. The summed E-state index contributed by atoms with van der Waals surface area (Å²) in [5.74, 6) is -0.392. The van der Waals surface area contributed by atoms with Crippen LogP contribution in [0.1, 0.15) is 13.3 Å². The third-order valence-electron chi connectivity index (χ3n) is 1.55. The second-order valence-corrected chi connectivity index (χ2v) is 2.78. The average molecular weight is 142 g/mol. The molecule has 0 amide bonds. The maximum atomic E-state index is 10.7. The standard InChI is InChI=1S/C7H10O3/c1-5-3-7(2,4-8)10-6(5)9/h8H,1,3-4H2,2H3/t7-/m0/s1. The van der Waals surface area contributed by atoms with Gasteiger partial charge >= 0.3 is 5.97 Å². The molecule has 0 spiro atoms. The highest BCUT2D eigenvalue weighted by atomic mass is 16.6. The predicted octanol–water partition coefficient (Wildman–Crippen LogP) is 0.240. The fourth-order valence-electron chi connectivity index (χ4n) is 0.944. The van der Waals surface area contributed by atoms with Crippen LogP contribution >= 0.6 is 0 Å². The summed E-state index contributed by atoms with van der Waals surface area (Å²) in [6.07, 6.45) is 0.433. The van der Waals surface area contributed by atoms with Crippen molar-refractivity contribution in [3.63, 3.8) is 0 Å². The van der Waals surface area contributed by atoms with Gasteiger partial charge in [-0.1, -0.05) is 6.58 Å². The molecule has 3 nitrogen and oxygen atoms in total. The smallest absolute Gasteiger partial charge is 0.334 e. The van der Waals surface area contributed by atoms with E-state index in [0.717, 1.165) is 0 Å². The molecule has 10 heavy (non-hydrogen) atoms. The minimum Gasteiger partial charge on any atom is -0.453 e. The van der Waals surface area contributed by atoms with Crippen LogP contribution in [-0.2, 0) is 9.53 Å². The molecule has 0 aromatic rings. The summed E-state index contributed by atoms with van der Waals surface area (Å²) in [5, 5.41) is 8.74. The van der Waals surface area contributed by atoms with Crippen LogP contribution in [0.5, 0.6) is 0 Å². The van der Waals surface area contributed by atoms with Gasteiger partial charge in [0.15, 0.2) is 0 Å². The second-order valence-electron chi connectivity index (χ2n) is 2.78. The monoisotopic (exact) mass is 142 g/mol. The van der Waals surface area contributed by atoms with Crippen LogP contribution in [0.2, 0.25) is 0 Å². The van der Waals surface area contributed by atoms with E-state index in [2.05, 4.69) is 6.58 Å². The van der Waals surface area contributed by atoms with Gasteiger partial charge < -0.3 is 9.84 Å². The lowest BCUT2D eigenvalue weighted by atomic mass is 10.0. The van der Waals surface area contributed by atoms with Crippen LogP contribution < -0.4 is 0 Å². The molecular formula is C7H10O3. The van der Waals surface area contributed by atoms with Gasteiger partial charge in [-0.25, -0.2) is 4.79 Å². The van der Waals surface area contributed by atoms with Crippen molar-refractivity contribution in [2.24, 2.45) is 0 Å². The lowest BCUT2D eigenvalue weighted by molar-refractivity contribution is -0.147. The Morgan fingerprint density at radius 2 is 2.50 bits per heavy atom. The number of hydrogen-bond donors (Lipinski definition) is 1. The number of rotatable bonds is 1. The SMILES string of the molecule is C=C1C[C@@](C)(CO)OC1=O. The van der Waals surface area contributed by atoms with Gasteiger partial charge in [-0.2, -0.15) is 0 Å². The lowest BCUT2D eigenvalue weighted by Gasteiger charge is -2.17. The van der Waals surface area contributed by atoms with Crippen molar-refractivity contribution in [2.75, 3.05) is 6.61 Å². The minimum absolute atomic E-state index is 0.141. The number of carbonyl (C=O) groups excluding carboxylic acids is 1. The summed E-state index contributed by atoms with van der Waals surface area (Å²) in [5.41, 5.74) is -0.273. The number of aliphatic hydroxyl groups excluding tert-OH is 1. The van der Waals surface area contributed by atoms with Crippen LogP contribution in [0, 0.1) is 0 Å². The zero-order valence-electron chi connectivity index (χ0n) is 5.89. The van der Waals surface area contributed by atoms with E-state index in [1.165, 1.54) is 0 Å². The van der Waals surface area contributed by atoms with E-state index in [1.54, 1.807) is 6.92 Å². The van der Waals surface area contributed by atoms with Crippen molar-refractivity contribution < 1.29 is 14.6 Å². The highest BCUT2D eigenvalue weighted by Gasteiger charge is 2.37. The summed E-state index contributed by atoms with van der Waals surface area (Å²) in [7, 11) is 0. The summed E-state index contributed by atoms with van der Waals surface area (Å²) >= 11 is 0. The van der Waals surface area contributed by atoms with Crippen LogP contribution in [0.4, 0.5) is 0 Å². The van der Waals surface area contributed by atoms with Gasteiger partial charge in [-0.05, 0) is 6.92 Å². The highest BCUT2D eigenvalue weighted by Crippen LogP contribution is 2.28. The van der Waals surface area contributed by atoms with Gasteiger partial charge in [0.1, 0.15) is 5.60 Å². The molecule has 3 heteroatoms. The summed E-state index contributed by atoms with van der Waals surface area (Å²) in [6.45, 7) is 5.04. The molecule has 0 radical (unpaired) electrons. The average Bonchev–Trinajstić information content (AvgIpc) is 2.10. The van der Waals surface area contributed by atoms with Crippen LogP contribution in [-0.4, -0.2) is 23.3 Å². The Kier molecular flexibility index (Phi) is 1.52. The van der Waals surface area contributed by atoms with Crippen LogP contribution in [0.3, 0.4) is 0 Å². The molecule has 0 unspecified atom stereocenters. The first-order valence-corrected chi connectivity index (χ1v) is 3.09. The number of aliphatic hydroxyl groups is 1. The van der Waals surface area contributed by atoms with Gasteiger partial charge in [0.25, 0.3) is 0 Å². The minimum atomic E-state index is -0.714. The Balaban J connectivity index is 2.73. The summed E-state index contributed by atoms with van der Waals surface area (Å²) < 4.78 is 4.82. The third-order valence-corrected chi connectivity index (χ3v) is 1.55. The lowest BCUT2D eigenvalue weighted by Crippen LogP contribution is -2.28. The Morgan fingerprint density at radius 3 is 2.70 bits per heavy atom. The topological polar surface area (TPSA) is 46.5 Å². The van der Waals surface area contributed by atoms with E-state index in [4.69, 9.17) is 9.84 Å². The van der Waals surface area contributed by atoms with E-state index in [1.807, 2.05) is 0 Å². The number of cyclic esters (lactones) is 1. The van der Waals surface area contributed by atoms with Gasteiger partial charge in [0, 0.05) is 12.0 Å². The first-order valence-electron chi connectivity index (χ1n) is 3.09. The molecule has 1 N–H and O–H groups in total. The molecule has 1 atom stereocenters. The third kappa shape index (κ3) is 1.04. The fraction of sp³-hybridized carbons (Fsp3) is 0.571. The van der Waals surface area contributed by atoms with Crippen molar-refractivity contribution in [3.8, 4) is 0 Å². The molecule has 1 rings (SSSR count). The molecule has 1 saturated heterocycles. The van der Waals surface area contributed by atoms with E-state index in [9.17, 15) is 4.79 Å². The maximum absolute atomic E-state index is 10.7. The first kappa shape index (κ1) is 7.28. The number of hydrogen-bond acceptors (Lipinski definition) is 3. The quantitative estimate of drug-likeness (QED) is 0.421. The van der Waals surface area contributed by atoms with Crippen molar-refractivity contribution in [2.45, 2.75) is 18.9 Å². The Bertz CT molecular complexity index is 167. The van der Waals surface area contributed by atoms with Gasteiger partial charge in [-0.3, -0.25) is 0 Å². The van der Waals surface area contributed by atoms with E-state index in [-0.39, 0.29) is 6.61 Å². The molecule has 0 bridgehead atoms. The van der Waals surface area contributed by atoms with E-state index < -0.39 is 11.6 Å². The molecule has 1 aliphatic heterocycles.